The summed E-state index contributed by atoms with van der Waals surface area (Å²) in [7, 11) is 0. The molecule has 0 spiro atoms. The van der Waals surface area contributed by atoms with Crippen molar-refractivity contribution in [3.8, 4) is 5.75 Å². The summed E-state index contributed by atoms with van der Waals surface area (Å²) in [6.45, 7) is -0.130. The summed E-state index contributed by atoms with van der Waals surface area (Å²) in [6.07, 6.45) is 0. The summed E-state index contributed by atoms with van der Waals surface area (Å²) < 4.78 is 18.3. The van der Waals surface area contributed by atoms with Gasteiger partial charge in [0.2, 0.25) is 0 Å². The number of hydrogen-bond donors (Lipinski definition) is 2. The van der Waals surface area contributed by atoms with Gasteiger partial charge in [-0.2, -0.15) is 0 Å². The first-order valence-corrected chi connectivity index (χ1v) is 6.59. The number of rotatable bonds is 6. The molecule has 3 N–H and O–H groups in total. The highest BCUT2D eigenvalue weighted by Gasteiger charge is 2.12. The fourth-order valence-corrected chi connectivity index (χ4v) is 1.85. The lowest BCUT2D eigenvalue weighted by Crippen LogP contribution is -2.25. The maximum absolute atomic E-state index is 13.1. The molecule has 22 heavy (non-hydrogen) atoms. The molecule has 0 aliphatic heterocycles. The second-order valence-electron chi connectivity index (χ2n) is 4.56. The summed E-state index contributed by atoms with van der Waals surface area (Å²) >= 11 is 0. The number of para-hydroxylation sites is 1. The van der Waals surface area contributed by atoms with E-state index in [1.165, 1.54) is 12.1 Å². The number of hydrogen-bond acceptors (Lipinski definition) is 3. The predicted octanol–water partition coefficient (Wildman–Crippen LogP) is 1.62. The van der Waals surface area contributed by atoms with Gasteiger partial charge < -0.3 is 15.8 Å². The van der Waals surface area contributed by atoms with Crippen LogP contribution in [0.15, 0.2) is 48.5 Å². The molecule has 0 atom stereocenters. The van der Waals surface area contributed by atoms with E-state index in [0.717, 1.165) is 0 Å². The number of ether oxygens (including phenoxy) is 1. The Morgan fingerprint density at radius 3 is 2.64 bits per heavy atom. The van der Waals surface area contributed by atoms with Crippen molar-refractivity contribution >= 4 is 11.8 Å². The van der Waals surface area contributed by atoms with E-state index in [0.29, 0.717) is 5.56 Å². The van der Waals surface area contributed by atoms with Crippen LogP contribution in [0.1, 0.15) is 15.9 Å². The lowest BCUT2D eigenvalue weighted by atomic mass is 10.1. The molecule has 0 heterocycles. The Kier molecular flexibility index (Phi) is 5.08. The zero-order valence-corrected chi connectivity index (χ0v) is 11.7. The third kappa shape index (κ3) is 4.31. The van der Waals surface area contributed by atoms with Gasteiger partial charge in [0.15, 0.2) is 6.61 Å². The SMILES string of the molecule is NC(=O)COc1ccccc1C(=O)NCc1cccc(F)c1. The van der Waals surface area contributed by atoms with Crippen LogP contribution in [0.3, 0.4) is 0 Å². The van der Waals surface area contributed by atoms with Crippen LogP contribution in [-0.2, 0) is 11.3 Å². The van der Waals surface area contributed by atoms with Gasteiger partial charge in [0.1, 0.15) is 11.6 Å². The molecule has 0 saturated heterocycles. The van der Waals surface area contributed by atoms with Crippen LogP contribution in [0.5, 0.6) is 5.75 Å². The number of nitrogens with two attached hydrogens (primary N) is 1. The Bertz CT molecular complexity index is 689. The normalized spacial score (nSPS) is 10.0. The highest BCUT2D eigenvalue weighted by Crippen LogP contribution is 2.17. The molecule has 0 fully saturated rings. The third-order valence-electron chi connectivity index (χ3n) is 2.84. The number of carbonyl (C=O) groups is 2. The molecule has 0 aromatic heterocycles. The summed E-state index contributed by atoms with van der Waals surface area (Å²) in [5.74, 6) is -1.12. The van der Waals surface area contributed by atoms with E-state index < -0.39 is 5.91 Å². The quantitative estimate of drug-likeness (QED) is 0.850. The summed E-state index contributed by atoms with van der Waals surface area (Å²) in [4.78, 5) is 22.9. The largest absolute Gasteiger partial charge is 0.483 e. The number of benzene rings is 2. The predicted molar refractivity (Wildman–Crippen MR) is 78.7 cm³/mol. The van der Waals surface area contributed by atoms with E-state index in [-0.39, 0.29) is 36.2 Å². The maximum atomic E-state index is 13.1. The molecular formula is C16H15FN2O3. The van der Waals surface area contributed by atoms with Crippen molar-refractivity contribution in [3.63, 3.8) is 0 Å². The van der Waals surface area contributed by atoms with Crippen LogP contribution in [0, 0.1) is 5.82 Å². The molecule has 0 radical (unpaired) electrons. The van der Waals surface area contributed by atoms with E-state index in [2.05, 4.69) is 5.32 Å². The average Bonchev–Trinajstić information content (AvgIpc) is 2.51. The number of carbonyl (C=O) groups excluding carboxylic acids is 2. The van der Waals surface area contributed by atoms with Gasteiger partial charge in [-0.05, 0) is 29.8 Å². The molecule has 0 bridgehead atoms. The second-order valence-corrected chi connectivity index (χ2v) is 4.56. The van der Waals surface area contributed by atoms with Crippen molar-refractivity contribution in [1.82, 2.24) is 5.32 Å². The van der Waals surface area contributed by atoms with Crippen LogP contribution in [0.2, 0.25) is 0 Å². The number of amides is 2. The lowest BCUT2D eigenvalue weighted by Gasteiger charge is -2.10. The zero-order valence-electron chi connectivity index (χ0n) is 11.7. The maximum Gasteiger partial charge on any atom is 0.255 e. The molecule has 5 nitrogen and oxygen atoms in total. The van der Waals surface area contributed by atoms with Gasteiger partial charge in [-0.15, -0.1) is 0 Å². The summed E-state index contributed by atoms with van der Waals surface area (Å²) in [6, 6.07) is 12.4. The molecule has 2 rings (SSSR count). The van der Waals surface area contributed by atoms with Gasteiger partial charge in [-0.1, -0.05) is 24.3 Å². The second kappa shape index (κ2) is 7.21. The summed E-state index contributed by atoms with van der Waals surface area (Å²) in [5, 5.41) is 2.67. The molecule has 0 aliphatic rings. The highest BCUT2D eigenvalue weighted by atomic mass is 19.1. The van der Waals surface area contributed by atoms with E-state index >= 15 is 0 Å². The standard InChI is InChI=1S/C16H15FN2O3/c17-12-5-3-4-11(8-12)9-19-16(21)13-6-1-2-7-14(13)22-10-15(18)20/h1-8H,9-10H2,(H2,18,20)(H,19,21). The Balaban J connectivity index is 2.04. The number of halogens is 1. The number of primary amides is 1. The minimum Gasteiger partial charge on any atom is -0.483 e. The Morgan fingerprint density at radius 1 is 1.14 bits per heavy atom. The van der Waals surface area contributed by atoms with Gasteiger partial charge in [0.05, 0.1) is 5.56 Å². The van der Waals surface area contributed by atoms with Crippen molar-refractivity contribution in [2.24, 2.45) is 5.73 Å². The van der Waals surface area contributed by atoms with Crippen molar-refractivity contribution in [3.05, 3.63) is 65.5 Å². The van der Waals surface area contributed by atoms with Gasteiger partial charge in [-0.3, -0.25) is 9.59 Å². The van der Waals surface area contributed by atoms with Crippen LogP contribution >= 0.6 is 0 Å². The molecule has 2 aromatic rings. The Morgan fingerprint density at radius 2 is 1.91 bits per heavy atom. The minimum absolute atomic E-state index is 0.181. The monoisotopic (exact) mass is 302 g/mol. The van der Waals surface area contributed by atoms with Gasteiger partial charge in [-0.25, -0.2) is 4.39 Å². The lowest BCUT2D eigenvalue weighted by molar-refractivity contribution is -0.119. The van der Waals surface area contributed by atoms with Gasteiger partial charge in [0, 0.05) is 6.54 Å². The van der Waals surface area contributed by atoms with Crippen LogP contribution < -0.4 is 15.8 Å². The van der Waals surface area contributed by atoms with E-state index in [1.807, 2.05) is 0 Å². The van der Waals surface area contributed by atoms with Crippen molar-refractivity contribution in [2.45, 2.75) is 6.54 Å². The van der Waals surface area contributed by atoms with E-state index in [4.69, 9.17) is 10.5 Å². The van der Waals surface area contributed by atoms with Crippen molar-refractivity contribution in [1.29, 1.82) is 0 Å². The first kappa shape index (κ1) is 15.5. The molecule has 2 aromatic carbocycles. The fourth-order valence-electron chi connectivity index (χ4n) is 1.85. The first-order valence-electron chi connectivity index (χ1n) is 6.59. The third-order valence-corrected chi connectivity index (χ3v) is 2.84. The van der Waals surface area contributed by atoms with Crippen LogP contribution in [-0.4, -0.2) is 18.4 Å². The molecule has 2 amide bonds. The number of nitrogens with one attached hydrogen (secondary N) is 1. The Hall–Kier alpha value is -2.89. The smallest absolute Gasteiger partial charge is 0.255 e. The zero-order chi connectivity index (χ0) is 15.9. The topological polar surface area (TPSA) is 81.4 Å². The fraction of sp³-hybridized carbons (Fsp3) is 0.125. The molecule has 0 unspecified atom stereocenters. The van der Waals surface area contributed by atoms with E-state index in [1.54, 1.807) is 36.4 Å². The highest BCUT2D eigenvalue weighted by molar-refractivity contribution is 5.97. The van der Waals surface area contributed by atoms with E-state index in [9.17, 15) is 14.0 Å². The average molecular weight is 302 g/mol. The molecular weight excluding hydrogens is 287 g/mol. The first-order chi connectivity index (χ1) is 10.6. The van der Waals surface area contributed by atoms with Gasteiger partial charge in [0.25, 0.3) is 11.8 Å². The molecule has 114 valence electrons. The molecule has 0 saturated carbocycles. The Labute approximate surface area is 126 Å². The van der Waals surface area contributed by atoms with Crippen LogP contribution in [0.25, 0.3) is 0 Å². The van der Waals surface area contributed by atoms with Crippen LogP contribution in [0.4, 0.5) is 4.39 Å². The van der Waals surface area contributed by atoms with Crippen molar-refractivity contribution in [2.75, 3.05) is 6.61 Å². The molecule has 6 heteroatoms. The van der Waals surface area contributed by atoms with Gasteiger partial charge >= 0.3 is 0 Å². The summed E-state index contributed by atoms with van der Waals surface area (Å²) in [5.41, 5.74) is 5.94. The molecule has 0 aliphatic carbocycles. The minimum atomic E-state index is -0.630. The van der Waals surface area contributed by atoms with Crippen molar-refractivity contribution < 1.29 is 18.7 Å².